The van der Waals surface area contributed by atoms with Gasteiger partial charge in [0.15, 0.2) is 0 Å². The first-order valence-electron chi connectivity index (χ1n) is 9.31. The number of methoxy groups -OCH3 is 1. The zero-order valence-electron chi connectivity index (χ0n) is 16.9. The lowest BCUT2D eigenvalue weighted by Gasteiger charge is -2.35. The smallest absolute Gasteiger partial charge is 0.256 e. The first-order chi connectivity index (χ1) is 12.3. The van der Waals surface area contributed by atoms with Crippen LogP contribution in [0.25, 0.3) is 0 Å². The van der Waals surface area contributed by atoms with E-state index >= 15 is 0 Å². The van der Waals surface area contributed by atoms with Crippen molar-refractivity contribution in [2.45, 2.75) is 59.5 Å². The third kappa shape index (κ3) is 6.03. The molecule has 1 N–H and O–H groups in total. The van der Waals surface area contributed by atoms with Gasteiger partial charge in [-0.25, -0.2) is 0 Å². The van der Waals surface area contributed by atoms with Gasteiger partial charge in [-0.1, -0.05) is 34.6 Å². The lowest BCUT2D eigenvalue weighted by molar-refractivity contribution is -0.147. The number of carbonyl (C=O) groups excluding carboxylic acids is 1. The van der Waals surface area contributed by atoms with Gasteiger partial charge in [-0.2, -0.15) is 5.26 Å². The average molecular weight is 360 g/mol. The molecule has 1 aromatic rings. The van der Waals surface area contributed by atoms with Gasteiger partial charge in [-0.05, 0) is 49.3 Å². The zero-order chi connectivity index (χ0) is 19.7. The van der Waals surface area contributed by atoms with Crippen molar-refractivity contribution in [2.24, 2.45) is 11.8 Å². The van der Waals surface area contributed by atoms with Crippen LogP contribution < -0.4 is 10.1 Å². The van der Waals surface area contributed by atoms with Gasteiger partial charge in [-0.15, -0.1) is 0 Å². The molecule has 0 fully saturated rings. The molecule has 0 aliphatic rings. The van der Waals surface area contributed by atoms with Crippen molar-refractivity contribution >= 4 is 11.6 Å². The fourth-order valence-electron chi connectivity index (χ4n) is 3.16. The van der Waals surface area contributed by atoms with E-state index in [-0.39, 0.29) is 5.91 Å². The minimum Gasteiger partial charge on any atom is -0.497 e. The Bertz CT molecular complexity index is 623. The van der Waals surface area contributed by atoms with E-state index in [0.29, 0.717) is 48.3 Å². The second-order valence-electron chi connectivity index (χ2n) is 7.52. The quantitative estimate of drug-likeness (QED) is 0.653. The lowest BCUT2D eigenvalue weighted by atomic mass is 9.83. The van der Waals surface area contributed by atoms with E-state index in [2.05, 4.69) is 39.1 Å². The van der Waals surface area contributed by atoms with Crippen LogP contribution in [0, 0.1) is 23.2 Å². The molecule has 1 aromatic carbocycles. The Labute approximate surface area is 157 Å². The Kier molecular flexibility index (Phi) is 8.60. The first-order valence-corrected chi connectivity index (χ1v) is 9.31. The van der Waals surface area contributed by atoms with Crippen LogP contribution in [0.3, 0.4) is 0 Å². The molecule has 0 unspecified atom stereocenters. The Morgan fingerprint density at radius 1 is 1.23 bits per heavy atom. The van der Waals surface area contributed by atoms with Crippen molar-refractivity contribution in [3.8, 4) is 11.8 Å². The minimum atomic E-state index is -0.898. The van der Waals surface area contributed by atoms with Gasteiger partial charge in [0.2, 0.25) is 0 Å². The molecule has 144 valence electrons. The van der Waals surface area contributed by atoms with E-state index in [1.165, 1.54) is 0 Å². The summed E-state index contributed by atoms with van der Waals surface area (Å²) in [5, 5.41) is 12.3. The molecular formula is C21H32N2O3. The molecule has 0 aromatic heterocycles. The lowest BCUT2D eigenvalue weighted by Crippen LogP contribution is -2.48. The Morgan fingerprint density at radius 2 is 1.85 bits per heavy atom. The molecule has 0 spiro atoms. The fraction of sp³-hybridized carbons (Fsp3) is 0.619. The van der Waals surface area contributed by atoms with Crippen LogP contribution in [0.15, 0.2) is 18.2 Å². The minimum absolute atomic E-state index is 0.185. The highest BCUT2D eigenvalue weighted by Gasteiger charge is 2.40. The fourth-order valence-corrected chi connectivity index (χ4v) is 3.16. The number of amides is 1. The summed E-state index contributed by atoms with van der Waals surface area (Å²) in [4.78, 5) is 13.3. The zero-order valence-corrected chi connectivity index (χ0v) is 16.9. The summed E-state index contributed by atoms with van der Waals surface area (Å²) >= 11 is 0. The maximum Gasteiger partial charge on any atom is 0.256 e. The normalized spacial score (nSPS) is 11.5. The molecule has 0 aliphatic carbocycles. The summed E-state index contributed by atoms with van der Waals surface area (Å²) in [7, 11) is 1.55. The van der Waals surface area contributed by atoms with E-state index in [9.17, 15) is 10.1 Å². The van der Waals surface area contributed by atoms with Crippen LogP contribution >= 0.6 is 0 Å². The molecule has 1 amide bonds. The summed E-state index contributed by atoms with van der Waals surface area (Å²) < 4.78 is 11.3. The number of nitrogens with zero attached hydrogens (tertiary/aromatic N) is 1. The van der Waals surface area contributed by atoms with Crippen LogP contribution in [0.2, 0.25) is 0 Å². The van der Waals surface area contributed by atoms with Crippen molar-refractivity contribution < 1.29 is 14.3 Å². The van der Waals surface area contributed by atoms with Gasteiger partial charge in [0.1, 0.15) is 17.4 Å². The van der Waals surface area contributed by atoms with Gasteiger partial charge < -0.3 is 14.8 Å². The number of ether oxygens (including phenoxy) is 2. The number of hydrogen-bond acceptors (Lipinski definition) is 4. The second kappa shape index (κ2) is 10.2. The Hall–Kier alpha value is -2.06. The predicted molar refractivity (Wildman–Crippen MR) is 104 cm³/mol. The summed E-state index contributed by atoms with van der Waals surface area (Å²) in [5.41, 5.74) is -0.0446. The van der Waals surface area contributed by atoms with Crippen LogP contribution in [-0.2, 0) is 9.53 Å². The number of carbonyl (C=O) groups is 1. The third-order valence-corrected chi connectivity index (χ3v) is 4.07. The molecule has 5 nitrogen and oxygen atoms in total. The molecule has 0 saturated heterocycles. The summed E-state index contributed by atoms with van der Waals surface area (Å²) in [5.74, 6) is 1.01. The van der Waals surface area contributed by atoms with Crippen molar-refractivity contribution in [1.29, 1.82) is 5.26 Å². The molecule has 0 bridgehead atoms. The second-order valence-corrected chi connectivity index (χ2v) is 7.52. The van der Waals surface area contributed by atoms with Gasteiger partial charge in [-0.3, -0.25) is 4.79 Å². The summed E-state index contributed by atoms with van der Waals surface area (Å²) in [6.45, 7) is 10.9. The Morgan fingerprint density at radius 3 is 2.31 bits per heavy atom. The molecule has 26 heavy (non-hydrogen) atoms. The van der Waals surface area contributed by atoms with E-state index in [4.69, 9.17) is 9.47 Å². The maximum atomic E-state index is 13.3. The first kappa shape index (κ1) is 22.0. The predicted octanol–water partition coefficient (Wildman–Crippen LogP) is 4.76. The number of anilines is 1. The summed E-state index contributed by atoms with van der Waals surface area (Å²) in [6, 6.07) is 7.17. The molecule has 0 radical (unpaired) electrons. The number of rotatable bonds is 10. The highest BCUT2D eigenvalue weighted by molar-refractivity contribution is 5.98. The largest absolute Gasteiger partial charge is 0.497 e. The molecule has 0 heterocycles. The van der Waals surface area contributed by atoms with E-state index in [1.807, 2.05) is 6.92 Å². The highest BCUT2D eigenvalue weighted by Crippen LogP contribution is 2.32. The molecule has 0 atom stereocenters. The molecular weight excluding hydrogens is 328 g/mol. The van der Waals surface area contributed by atoms with Crippen molar-refractivity contribution in [3.63, 3.8) is 0 Å². The molecule has 1 rings (SSSR count). The van der Waals surface area contributed by atoms with Crippen molar-refractivity contribution in [1.82, 2.24) is 0 Å². The van der Waals surface area contributed by atoms with Gasteiger partial charge in [0.05, 0.1) is 18.4 Å². The Balaban J connectivity index is 3.20. The van der Waals surface area contributed by atoms with Gasteiger partial charge >= 0.3 is 0 Å². The third-order valence-electron chi connectivity index (χ3n) is 4.07. The standard InChI is InChI=1S/C21H32N2O3/c1-7-10-26-21(12-15(2)3,13-16(4)5)20(24)23-19-9-8-18(25-6)11-17(19)14-22/h8-9,11,15-16H,7,10,12-13H2,1-6H3,(H,23,24). The average Bonchev–Trinajstić information content (AvgIpc) is 2.58. The number of nitrogens with one attached hydrogen (secondary N) is 1. The highest BCUT2D eigenvalue weighted by atomic mass is 16.5. The van der Waals surface area contributed by atoms with E-state index in [0.717, 1.165) is 6.42 Å². The molecule has 0 saturated carbocycles. The van der Waals surface area contributed by atoms with Crippen molar-refractivity contribution in [3.05, 3.63) is 23.8 Å². The number of hydrogen-bond donors (Lipinski definition) is 1. The van der Waals surface area contributed by atoms with Crippen LogP contribution in [-0.4, -0.2) is 25.2 Å². The summed E-state index contributed by atoms with van der Waals surface area (Å²) in [6.07, 6.45) is 2.11. The van der Waals surface area contributed by atoms with Crippen molar-refractivity contribution in [2.75, 3.05) is 19.0 Å². The van der Waals surface area contributed by atoms with Crippen LogP contribution in [0.4, 0.5) is 5.69 Å². The van der Waals surface area contributed by atoms with Gasteiger partial charge in [0.25, 0.3) is 5.91 Å². The van der Waals surface area contributed by atoms with E-state index < -0.39 is 5.60 Å². The van der Waals surface area contributed by atoms with Crippen LogP contribution in [0.5, 0.6) is 5.75 Å². The topological polar surface area (TPSA) is 71.3 Å². The van der Waals surface area contributed by atoms with Crippen LogP contribution in [0.1, 0.15) is 59.4 Å². The molecule has 0 aliphatic heterocycles. The van der Waals surface area contributed by atoms with Gasteiger partial charge in [0, 0.05) is 6.61 Å². The SMILES string of the molecule is CCCOC(CC(C)C)(CC(C)C)C(=O)Nc1ccc(OC)cc1C#N. The molecule has 5 heteroatoms. The number of nitriles is 1. The maximum absolute atomic E-state index is 13.3. The monoisotopic (exact) mass is 360 g/mol. The van der Waals surface area contributed by atoms with E-state index in [1.54, 1.807) is 25.3 Å². The number of benzene rings is 1.